The Bertz CT molecular complexity index is 879. The molecule has 2 N–H and O–H groups in total. The fourth-order valence-corrected chi connectivity index (χ4v) is 3.36. The maximum Gasteiger partial charge on any atom is 0.254 e. The lowest BCUT2D eigenvalue weighted by molar-refractivity contribution is 0.0468. The van der Waals surface area contributed by atoms with E-state index >= 15 is 0 Å². The van der Waals surface area contributed by atoms with Crippen molar-refractivity contribution in [3.63, 3.8) is 0 Å². The molecule has 1 aromatic carbocycles. The standard InChI is InChI=1S/C18H20N4O3/c1-11-20-18(25-22-11)16(13-6-9-24-10-7-13)21-17(23)14-4-2-3-12-5-8-19-15(12)14/h2-5,8,13,16,19H,6-7,9-10H2,1H3,(H,21,23)/t16-/m1/s1. The molecule has 1 aliphatic rings. The Hall–Kier alpha value is -2.67. The van der Waals surface area contributed by atoms with Crippen molar-refractivity contribution >= 4 is 16.8 Å². The minimum absolute atomic E-state index is 0.152. The van der Waals surface area contributed by atoms with Gasteiger partial charge in [-0.1, -0.05) is 17.3 Å². The van der Waals surface area contributed by atoms with E-state index in [0.29, 0.717) is 30.5 Å². The third-order valence-electron chi connectivity index (χ3n) is 4.67. The van der Waals surface area contributed by atoms with Crippen LogP contribution in [0.5, 0.6) is 0 Å². The van der Waals surface area contributed by atoms with Gasteiger partial charge >= 0.3 is 0 Å². The first-order valence-electron chi connectivity index (χ1n) is 8.47. The highest BCUT2D eigenvalue weighted by molar-refractivity contribution is 6.05. The highest BCUT2D eigenvalue weighted by Crippen LogP contribution is 2.30. The molecule has 1 fully saturated rings. The Labute approximate surface area is 144 Å². The number of hydrogen-bond donors (Lipinski definition) is 2. The van der Waals surface area contributed by atoms with Crippen LogP contribution in [0, 0.1) is 12.8 Å². The molecule has 7 heteroatoms. The number of benzene rings is 1. The van der Waals surface area contributed by atoms with Crippen molar-refractivity contribution in [2.24, 2.45) is 5.92 Å². The van der Waals surface area contributed by atoms with Crippen molar-refractivity contribution in [1.29, 1.82) is 0 Å². The zero-order chi connectivity index (χ0) is 17.2. The van der Waals surface area contributed by atoms with Gasteiger partial charge in [-0.3, -0.25) is 4.79 Å². The van der Waals surface area contributed by atoms with Crippen molar-refractivity contribution in [3.8, 4) is 0 Å². The lowest BCUT2D eigenvalue weighted by Gasteiger charge is -2.28. The number of nitrogens with zero attached hydrogens (tertiary/aromatic N) is 2. The summed E-state index contributed by atoms with van der Waals surface area (Å²) in [6, 6.07) is 7.30. The third-order valence-corrected chi connectivity index (χ3v) is 4.67. The molecule has 0 bridgehead atoms. The van der Waals surface area contributed by atoms with Gasteiger partial charge in [-0.2, -0.15) is 4.98 Å². The molecule has 7 nitrogen and oxygen atoms in total. The number of carbonyl (C=O) groups excluding carboxylic acids is 1. The number of rotatable bonds is 4. The fourth-order valence-electron chi connectivity index (χ4n) is 3.36. The molecule has 0 radical (unpaired) electrons. The molecule has 25 heavy (non-hydrogen) atoms. The van der Waals surface area contributed by atoms with E-state index in [-0.39, 0.29) is 17.9 Å². The monoisotopic (exact) mass is 340 g/mol. The van der Waals surface area contributed by atoms with E-state index < -0.39 is 0 Å². The van der Waals surface area contributed by atoms with Crippen LogP contribution in [-0.2, 0) is 4.74 Å². The van der Waals surface area contributed by atoms with Gasteiger partial charge in [0.15, 0.2) is 5.82 Å². The molecule has 0 aliphatic carbocycles. The summed E-state index contributed by atoms with van der Waals surface area (Å²) in [7, 11) is 0. The van der Waals surface area contributed by atoms with E-state index in [9.17, 15) is 4.79 Å². The number of carbonyl (C=O) groups is 1. The third kappa shape index (κ3) is 3.15. The van der Waals surface area contributed by atoms with Crippen LogP contribution in [0.1, 0.15) is 41.0 Å². The summed E-state index contributed by atoms with van der Waals surface area (Å²) in [5, 5.41) is 7.99. The summed E-state index contributed by atoms with van der Waals surface area (Å²) in [4.78, 5) is 20.4. The molecule has 1 atom stereocenters. The number of amides is 1. The summed E-state index contributed by atoms with van der Waals surface area (Å²) in [5.41, 5.74) is 1.43. The van der Waals surface area contributed by atoms with Gasteiger partial charge in [-0.25, -0.2) is 0 Å². The number of aromatic amines is 1. The maximum atomic E-state index is 12.9. The van der Waals surface area contributed by atoms with Gasteiger partial charge in [0.05, 0.1) is 11.1 Å². The SMILES string of the molecule is Cc1noc([C@H](NC(=O)c2cccc3cc[nH]c23)C2CCOCC2)n1. The zero-order valence-corrected chi connectivity index (χ0v) is 14.0. The lowest BCUT2D eigenvalue weighted by Crippen LogP contribution is -2.36. The molecule has 1 aliphatic heterocycles. The molecule has 2 aromatic heterocycles. The molecule has 1 amide bonds. The Kier molecular flexibility index (Phi) is 4.23. The highest BCUT2D eigenvalue weighted by Gasteiger charge is 2.31. The molecular weight excluding hydrogens is 320 g/mol. The second kappa shape index (κ2) is 6.68. The van der Waals surface area contributed by atoms with Gasteiger partial charge < -0.3 is 19.6 Å². The zero-order valence-electron chi connectivity index (χ0n) is 14.0. The topological polar surface area (TPSA) is 93.0 Å². The number of aryl methyl sites for hydroxylation is 1. The minimum atomic E-state index is -0.317. The van der Waals surface area contributed by atoms with Gasteiger partial charge in [0, 0.05) is 24.8 Å². The van der Waals surface area contributed by atoms with Crippen LogP contribution >= 0.6 is 0 Å². The predicted octanol–water partition coefficient (Wildman–Crippen LogP) is 2.76. The molecule has 1 saturated heterocycles. The second-order valence-corrected chi connectivity index (χ2v) is 6.33. The predicted molar refractivity (Wildman–Crippen MR) is 91.1 cm³/mol. The fraction of sp³-hybridized carbons (Fsp3) is 0.389. The van der Waals surface area contributed by atoms with Gasteiger partial charge in [-0.15, -0.1) is 0 Å². The van der Waals surface area contributed by atoms with Gasteiger partial charge in [0.2, 0.25) is 5.89 Å². The van der Waals surface area contributed by atoms with Gasteiger partial charge in [0.1, 0.15) is 6.04 Å². The van der Waals surface area contributed by atoms with Crippen molar-refractivity contribution < 1.29 is 14.1 Å². The summed E-state index contributed by atoms with van der Waals surface area (Å²) in [6.07, 6.45) is 3.52. The summed E-state index contributed by atoms with van der Waals surface area (Å²) < 4.78 is 10.8. The number of hydrogen-bond acceptors (Lipinski definition) is 5. The van der Waals surface area contributed by atoms with Gasteiger partial charge in [0.25, 0.3) is 5.91 Å². The molecule has 130 valence electrons. The number of nitrogens with one attached hydrogen (secondary N) is 2. The van der Waals surface area contributed by atoms with E-state index in [4.69, 9.17) is 9.26 Å². The Morgan fingerprint density at radius 3 is 2.92 bits per heavy atom. The molecule has 4 rings (SSSR count). The van der Waals surface area contributed by atoms with Crippen molar-refractivity contribution in [1.82, 2.24) is 20.4 Å². The van der Waals surface area contributed by atoms with Crippen molar-refractivity contribution in [2.75, 3.05) is 13.2 Å². The maximum absolute atomic E-state index is 12.9. The number of para-hydroxylation sites is 1. The van der Waals surface area contributed by atoms with E-state index in [2.05, 4.69) is 20.4 Å². The van der Waals surface area contributed by atoms with Crippen molar-refractivity contribution in [2.45, 2.75) is 25.8 Å². The summed E-state index contributed by atoms with van der Waals surface area (Å²) in [5.74, 6) is 1.07. The number of aromatic nitrogens is 3. The molecule has 3 aromatic rings. The van der Waals surface area contributed by atoms with Crippen LogP contribution in [0.25, 0.3) is 10.9 Å². The Morgan fingerprint density at radius 2 is 2.16 bits per heavy atom. The van der Waals surface area contributed by atoms with E-state index in [1.54, 1.807) is 6.92 Å². The summed E-state index contributed by atoms with van der Waals surface area (Å²) in [6.45, 7) is 3.13. The van der Waals surface area contributed by atoms with E-state index in [1.807, 2.05) is 30.5 Å². The average Bonchev–Trinajstić information content (AvgIpc) is 3.28. The number of H-pyrrole nitrogens is 1. The second-order valence-electron chi connectivity index (χ2n) is 6.33. The molecule has 0 unspecified atom stereocenters. The smallest absolute Gasteiger partial charge is 0.254 e. The van der Waals surface area contributed by atoms with Crippen LogP contribution in [0.4, 0.5) is 0 Å². The minimum Gasteiger partial charge on any atom is -0.381 e. The first-order valence-corrected chi connectivity index (χ1v) is 8.47. The summed E-state index contributed by atoms with van der Waals surface area (Å²) >= 11 is 0. The Balaban J connectivity index is 1.63. The normalized spacial score (nSPS) is 16.8. The van der Waals surface area contributed by atoms with E-state index in [0.717, 1.165) is 23.7 Å². The first kappa shape index (κ1) is 15.8. The molecular formula is C18H20N4O3. The number of ether oxygens (including phenoxy) is 1. The van der Waals surface area contributed by atoms with Crippen LogP contribution in [0.3, 0.4) is 0 Å². The Morgan fingerprint density at radius 1 is 1.32 bits per heavy atom. The van der Waals surface area contributed by atoms with E-state index in [1.165, 1.54) is 0 Å². The van der Waals surface area contributed by atoms with Crippen molar-refractivity contribution in [3.05, 3.63) is 47.7 Å². The largest absolute Gasteiger partial charge is 0.381 e. The quantitative estimate of drug-likeness (QED) is 0.762. The van der Waals surface area contributed by atoms with Crippen LogP contribution in [0.2, 0.25) is 0 Å². The van der Waals surface area contributed by atoms with Crippen LogP contribution < -0.4 is 5.32 Å². The first-order chi connectivity index (χ1) is 12.2. The highest BCUT2D eigenvalue weighted by atomic mass is 16.5. The number of fused-ring (bicyclic) bond motifs is 1. The van der Waals surface area contributed by atoms with Crippen LogP contribution in [0.15, 0.2) is 35.0 Å². The molecule has 0 saturated carbocycles. The van der Waals surface area contributed by atoms with Crippen LogP contribution in [-0.4, -0.2) is 34.2 Å². The molecule has 3 heterocycles. The molecule has 0 spiro atoms. The lowest BCUT2D eigenvalue weighted by atomic mass is 9.91. The average molecular weight is 340 g/mol. The van der Waals surface area contributed by atoms with Gasteiger partial charge in [-0.05, 0) is 37.8 Å².